The Balaban J connectivity index is 2.10. The van der Waals surface area contributed by atoms with Crippen LogP contribution in [0, 0.1) is 6.92 Å². The van der Waals surface area contributed by atoms with Gasteiger partial charge in [-0.25, -0.2) is 4.98 Å². The zero-order chi connectivity index (χ0) is 12.5. The SMILES string of the molecule is CNc1ncc(-c2ccc3cc(C)ccc3c2)o1. The van der Waals surface area contributed by atoms with Crippen LogP contribution in [0.15, 0.2) is 47.0 Å². The van der Waals surface area contributed by atoms with Gasteiger partial charge in [-0.05, 0) is 23.8 Å². The highest BCUT2D eigenvalue weighted by molar-refractivity contribution is 5.87. The van der Waals surface area contributed by atoms with E-state index in [0.29, 0.717) is 6.01 Å². The fourth-order valence-corrected chi connectivity index (χ4v) is 2.04. The molecule has 0 fully saturated rings. The van der Waals surface area contributed by atoms with Crippen molar-refractivity contribution in [3.05, 3.63) is 48.2 Å². The largest absolute Gasteiger partial charge is 0.424 e. The fourth-order valence-electron chi connectivity index (χ4n) is 2.04. The van der Waals surface area contributed by atoms with Gasteiger partial charge in [0.25, 0.3) is 6.01 Å². The molecule has 0 bridgehead atoms. The van der Waals surface area contributed by atoms with E-state index in [1.807, 2.05) is 0 Å². The maximum Gasteiger partial charge on any atom is 0.294 e. The Bertz CT molecular complexity index is 701. The molecule has 0 aliphatic heterocycles. The second-order valence-electron chi connectivity index (χ2n) is 4.35. The van der Waals surface area contributed by atoms with Gasteiger partial charge in [0.1, 0.15) is 0 Å². The van der Waals surface area contributed by atoms with Gasteiger partial charge < -0.3 is 9.73 Å². The van der Waals surface area contributed by atoms with Crippen molar-refractivity contribution in [3.8, 4) is 11.3 Å². The summed E-state index contributed by atoms with van der Waals surface area (Å²) in [4.78, 5) is 4.13. The number of nitrogens with one attached hydrogen (secondary N) is 1. The molecule has 3 heteroatoms. The molecule has 0 atom stereocenters. The molecule has 0 unspecified atom stereocenters. The Kier molecular flexibility index (Phi) is 2.52. The summed E-state index contributed by atoms with van der Waals surface area (Å²) in [5, 5.41) is 5.34. The number of hydrogen-bond donors (Lipinski definition) is 1. The molecule has 0 aliphatic rings. The first-order valence-electron chi connectivity index (χ1n) is 5.90. The lowest BCUT2D eigenvalue weighted by atomic mass is 10.0. The fraction of sp³-hybridized carbons (Fsp3) is 0.133. The first-order chi connectivity index (χ1) is 8.76. The van der Waals surface area contributed by atoms with Crippen molar-refractivity contribution < 1.29 is 4.42 Å². The zero-order valence-corrected chi connectivity index (χ0v) is 10.4. The Morgan fingerprint density at radius 2 is 1.83 bits per heavy atom. The second kappa shape index (κ2) is 4.18. The van der Waals surface area contributed by atoms with E-state index in [-0.39, 0.29) is 0 Å². The van der Waals surface area contributed by atoms with Crippen molar-refractivity contribution >= 4 is 16.8 Å². The maximum absolute atomic E-state index is 5.57. The van der Waals surface area contributed by atoms with E-state index in [2.05, 4.69) is 53.6 Å². The normalized spacial score (nSPS) is 10.8. The van der Waals surface area contributed by atoms with Gasteiger partial charge in [0, 0.05) is 12.6 Å². The van der Waals surface area contributed by atoms with Gasteiger partial charge in [0.05, 0.1) is 6.20 Å². The van der Waals surface area contributed by atoms with E-state index in [1.165, 1.54) is 16.3 Å². The van der Waals surface area contributed by atoms with Gasteiger partial charge in [-0.1, -0.05) is 35.9 Å². The molecule has 0 saturated heterocycles. The number of oxazole rings is 1. The van der Waals surface area contributed by atoms with E-state index in [0.717, 1.165) is 11.3 Å². The van der Waals surface area contributed by atoms with E-state index in [1.54, 1.807) is 13.2 Å². The van der Waals surface area contributed by atoms with E-state index in [9.17, 15) is 0 Å². The Morgan fingerprint density at radius 1 is 1.06 bits per heavy atom. The number of aryl methyl sites for hydroxylation is 1. The number of nitrogens with zero attached hydrogens (tertiary/aromatic N) is 1. The molecular formula is C15H14N2O. The molecule has 3 rings (SSSR count). The first-order valence-corrected chi connectivity index (χ1v) is 5.90. The van der Waals surface area contributed by atoms with Crippen molar-refractivity contribution in [1.82, 2.24) is 4.98 Å². The highest BCUT2D eigenvalue weighted by Gasteiger charge is 2.05. The summed E-state index contributed by atoms with van der Waals surface area (Å²) < 4.78 is 5.57. The molecule has 1 aromatic heterocycles. The average Bonchev–Trinajstić information content (AvgIpc) is 2.87. The van der Waals surface area contributed by atoms with Crippen LogP contribution >= 0.6 is 0 Å². The molecular weight excluding hydrogens is 224 g/mol. The van der Waals surface area contributed by atoms with Crippen LogP contribution in [0.5, 0.6) is 0 Å². The van der Waals surface area contributed by atoms with Gasteiger partial charge >= 0.3 is 0 Å². The number of fused-ring (bicyclic) bond motifs is 1. The highest BCUT2D eigenvalue weighted by Crippen LogP contribution is 2.26. The summed E-state index contributed by atoms with van der Waals surface area (Å²) >= 11 is 0. The van der Waals surface area contributed by atoms with Crippen molar-refractivity contribution in [2.24, 2.45) is 0 Å². The minimum atomic E-state index is 0.536. The van der Waals surface area contributed by atoms with Crippen LogP contribution in [0.2, 0.25) is 0 Å². The van der Waals surface area contributed by atoms with E-state index < -0.39 is 0 Å². The smallest absolute Gasteiger partial charge is 0.294 e. The van der Waals surface area contributed by atoms with Crippen LogP contribution in [-0.4, -0.2) is 12.0 Å². The Labute approximate surface area is 105 Å². The number of rotatable bonds is 2. The monoisotopic (exact) mass is 238 g/mol. The molecule has 3 aromatic rings. The molecule has 1 N–H and O–H groups in total. The summed E-state index contributed by atoms with van der Waals surface area (Å²) in [6.07, 6.45) is 1.74. The molecule has 0 spiro atoms. The molecule has 0 amide bonds. The van der Waals surface area contributed by atoms with Crippen molar-refractivity contribution in [3.63, 3.8) is 0 Å². The number of aromatic nitrogens is 1. The average molecular weight is 238 g/mol. The molecule has 3 nitrogen and oxygen atoms in total. The lowest BCUT2D eigenvalue weighted by Gasteiger charge is -2.02. The molecule has 0 aliphatic carbocycles. The van der Waals surface area contributed by atoms with Gasteiger partial charge in [-0.15, -0.1) is 0 Å². The lowest BCUT2D eigenvalue weighted by molar-refractivity contribution is 0.590. The van der Waals surface area contributed by atoms with Crippen LogP contribution in [0.4, 0.5) is 6.01 Å². The molecule has 0 saturated carbocycles. The van der Waals surface area contributed by atoms with Crippen molar-refractivity contribution in [2.45, 2.75) is 6.92 Å². The van der Waals surface area contributed by atoms with Crippen LogP contribution in [0.1, 0.15) is 5.56 Å². The minimum Gasteiger partial charge on any atom is -0.424 e. The van der Waals surface area contributed by atoms with Crippen LogP contribution in [-0.2, 0) is 0 Å². The van der Waals surface area contributed by atoms with Gasteiger partial charge in [0.15, 0.2) is 5.76 Å². The van der Waals surface area contributed by atoms with E-state index >= 15 is 0 Å². The van der Waals surface area contributed by atoms with Gasteiger partial charge in [-0.3, -0.25) is 0 Å². The number of benzene rings is 2. The Hall–Kier alpha value is -2.29. The van der Waals surface area contributed by atoms with Gasteiger partial charge in [-0.2, -0.15) is 0 Å². The predicted octanol–water partition coefficient (Wildman–Crippen LogP) is 3.84. The van der Waals surface area contributed by atoms with Crippen LogP contribution in [0.25, 0.3) is 22.1 Å². The molecule has 18 heavy (non-hydrogen) atoms. The third-order valence-electron chi connectivity index (χ3n) is 3.00. The van der Waals surface area contributed by atoms with E-state index in [4.69, 9.17) is 4.42 Å². The second-order valence-corrected chi connectivity index (χ2v) is 4.35. The predicted molar refractivity (Wildman–Crippen MR) is 73.7 cm³/mol. The molecule has 1 heterocycles. The van der Waals surface area contributed by atoms with Gasteiger partial charge in [0.2, 0.25) is 0 Å². The molecule has 90 valence electrons. The van der Waals surface area contributed by atoms with Crippen LogP contribution in [0.3, 0.4) is 0 Å². The summed E-state index contributed by atoms with van der Waals surface area (Å²) in [6, 6.07) is 13.2. The molecule has 2 aromatic carbocycles. The first kappa shape index (κ1) is 10.8. The highest BCUT2D eigenvalue weighted by atomic mass is 16.4. The van der Waals surface area contributed by atoms with Crippen molar-refractivity contribution in [1.29, 1.82) is 0 Å². The Morgan fingerprint density at radius 3 is 2.61 bits per heavy atom. The lowest BCUT2D eigenvalue weighted by Crippen LogP contribution is -1.85. The summed E-state index contributed by atoms with van der Waals surface area (Å²) in [5.41, 5.74) is 2.31. The summed E-state index contributed by atoms with van der Waals surface area (Å²) in [7, 11) is 1.79. The quantitative estimate of drug-likeness (QED) is 0.737. The third kappa shape index (κ3) is 1.84. The maximum atomic E-state index is 5.57. The van der Waals surface area contributed by atoms with Crippen molar-refractivity contribution in [2.75, 3.05) is 12.4 Å². The summed E-state index contributed by atoms with van der Waals surface area (Å²) in [5.74, 6) is 0.779. The standard InChI is InChI=1S/C15H14N2O/c1-10-3-4-12-8-13(6-5-11(12)7-10)14-9-17-15(16-2)18-14/h3-9H,1-2H3,(H,16,17). The number of hydrogen-bond acceptors (Lipinski definition) is 3. The van der Waals surface area contributed by atoms with Crippen LogP contribution < -0.4 is 5.32 Å². The topological polar surface area (TPSA) is 38.1 Å². The zero-order valence-electron chi connectivity index (χ0n) is 10.4. The minimum absolute atomic E-state index is 0.536. The summed E-state index contributed by atoms with van der Waals surface area (Å²) in [6.45, 7) is 2.10. The number of anilines is 1. The molecule has 0 radical (unpaired) electrons. The third-order valence-corrected chi connectivity index (χ3v) is 3.00.